The summed E-state index contributed by atoms with van der Waals surface area (Å²) in [6, 6.07) is 11.0. The Morgan fingerprint density at radius 1 is 1.10 bits per heavy atom. The molecule has 106 valence electrons. The molecule has 0 unspecified atom stereocenters. The fourth-order valence-corrected chi connectivity index (χ4v) is 2.19. The third-order valence-corrected chi connectivity index (χ3v) is 3.29. The molecule has 1 aromatic heterocycles. The van der Waals surface area contributed by atoms with Crippen molar-refractivity contribution in [1.29, 1.82) is 0 Å². The zero-order chi connectivity index (χ0) is 14.8. The Balaban J connectivity index is 2.09. The first-order chi connectivity index (χ1) is 10.2. The number of aromatic nitrogens is 2. The maximum Gasteiger partial charge on any atom is 0.259 e. The summed E-state index contributed by atoms with van der Waals surface area (Å²) in [4.78, 5) is 7.76. The molecule has 0 bridgehead atoms. The van der Waals surface area contributed by atoms with Gasteiger partial charge in [0.05, 0.1) is 5.69 Å². The molecule has 2 aromatic carbocycles. The molecule has 0 aliphatic heterocycles. The van der Waals surface area contributed by atoms with Crippen molar-refractivity contribution in [2.45, 2.75) is 13.3 Å². The number of anilines is 1. The number of halogens is 1. The molecule has 4 nitrogen and oxygen atoms in total. The van der Waals surface area contributed by atoms with Crippen molar-refractivity contribution in [3.8, 4) is 11.6 Å². The first-order valence-electron chi connectivity index (χ1n) is 6.65. The average molecular weight is 283 g/mol. The highest BCUT2D eigenvalue weighted by atomic mass is 19.1. The number of nitrogens with two attached hydrogens (primary N) is 1. The third kappa shape index (κ3) is 2.38. The summed E-state index contributed by atoms with van der Waals surface area (Å²) >= 11 is 0. The van der Waals surface area contributed by atoms with Crippen LogP contribution in [0.25, 0.3) is 10.8 Å². The predicted molar refractivity (Wildman–Crippen MR) is 79.8 cm³/mol. The molecular weight excluding hydrogens is 269 g/mol. The highest BCUT2D eigenvalue weighted by molar-refractivity contribution is 5.97. The molecule has 0 fully saturated rings. The van der Waals surface area contributed by atoms with E-state index in [2.05, 4.69) is 9.97 Å². The van der Waals surface area contributed by atoms with Crippen LogP contribution in [0.1, 0.15) is 12.6 Å². The Labute approximate surface area is 121 Å². The molecule has 1 heterocycles. The summed E-state index contributed by atoms with van der Waals surface area (Å²) in [7, 11) is 0. The van der Waals surface area contributed by atoms with E-state index >= 15 is 0 Å². The Morgan fingerprint density at radius 3 is 2.62 bits per heavy atom. The van der Waals surface area contributed by atoms with Crippen molar-refractivity contribution >= 4 is 16.5 Å². The van der Waals surface area contributed by atoms with Gasteiger partial charge < -0.3 is 10.5 Å². The molecule has 0 saturated carbocycles. The number of nitrogens with zero attached hydrogens (tertiary/aromatic N) is 2. The first kappa shape index (κ1) is 13.3. The lowest BCUT2D eigenvalue weighted by molar-refractivity contribution is 0.419. The second-order valence-corrected chi connectivity index (χ2v) is 4.59. The van der Waals surface area contributed by atoms with Crippen LogP contribution in [-0.4, -0.2) is 9.97 Å². The van der Waals surface area contributed by atoms with Gasteiger partial charge in [0.25, 0.3) is 5.88 Å². The van der Waals surface area contributed by atoms with E-state index in [-0.39, 0.29) is 5.88 Å². The summed E-state index contributed by atoms with van der Waals surface area (Å²) in [5, 5.41) is 1.67. The zero-order valence-corrected chi connectivity index (χ0v) is 11.5. The number of nitrogen functional groups attached to an aromatic ring is 1. The lowest BCUT2D eigenvalue weighted by Gasteiger charge is -2.11. The summed E-state index contributed by atoms with van der Waals surface area (Å²) in [5.74, 6) is -0.0860. The van der Waals surface area contributed by atoms with Crippen LogP contribution in [0, 0.1) is 5.82 Å². The molecule has 21 heavy (non-hydrogen) atoms. The fraction of sp³-hybridized carbons (Fsp3) is 0.125. The number of hydrogen-bond donors (Lipinski definition) is 1. The second kappa shape index (κ2) is 5.36. The molecule has 0 amide bonds. The quantitative estimate of drug-likeness (QED) is 0.744. The monoisotopic (exact) mass is 283 g/mol. The van der Waals surface area contributed by atoms with E-state index in [0.717, 1.165) is 10.8 Å². The van der Waals surface area contributed by atoms with Crippen LogP contribution < -0.4 is 10.5 Å². The standard InChI is InChI=1S/C16H14FN3O/c1-2-13-15(17)16(20-9-19-13)21-14-8-7-12(18)10-5-3-4-6-11(10)14/h3-9H,2,18H2,1H3. The normalized spacial score (nSPS) is 10.8. The molecular formula is C16H14FN3O. The van der Waals surface area contributed by atoms with E-state index in [1.165, 1.54) is 6.33 Å². The largest absolute Gasteiger partial charge is 0.436 e. The van der Waals surface area contributed by atoms with E-state index in [1.54, 1.807) is 12.1 Å². The van der Waals surface area contributed by atoms with E-state index in [4.69, 9.17) is 10.5 Å². The van der Waals surface area contributed by atoms with Gasteiger partial charge in [0.15, 0.2) is 0 Å². The van der Waals surface area contributed by atoms with Crippen molar-refractivity contribution < 1.29 is 9.13 Å². The Morgan fingerprint density at radius 2 is 1.86 bits per heavy atom. The minimum Gasteiger partial charge on any atom is -0.436 e. The summed E-state index contributed by atoms with van der Waals surface area (Å²) in [5.41, 5.74) is 6.92. The zero-order valence-electron chi connectivity index (χ0n) is 11.5. The van der Waals surface area contributed by atoms with Gasteiger partial charge in [-0.3, -0.25) is 0 Å². The topological polar surface area (TPSA) is 61.0 Å². The Bertz CT molecular complexity index is 805. The third-order valence-electron chi connectivity index (χ3n) is 3.29. The van der Waals surface area contributed by atoms with Crippen LogP contribution in [0.3, 0.4) is 0 Å². The molecule has 0 aliphatic rings. The van der Waals surface area contributed by atoms with Crippen LogP contribution >= 0.6 is 0 Å². The van der Waals surface area contributed by atoms with Crippen LogP contribution in [0.2, 0.25) is 0 Å². The molecule has 0 atom stereocenters. The molecule has 3 aromatic rings. The Kier molecular flexibility index (Phi) is 3.39. The Hall–Kier alpha value is -2.69. The lowest BCUT2D eigenvalue weighted by atomic mass is 10.1. The molecule has 0 aliphatic carbocycles. The molecule has 3 rings (SSSR count). The minimum atomic E-state index is -0.527. The number of hydrogen-bond acceptors (Lipinski definition) is 4. The van der Waals surface area contributed by atoms with Gasteiger partial charge in [0, 0.05) is 16.5 Å². The van der Waals surface area contributed by atoms with Crippen molar-refractivity contribution in [1.82, 2.24) is 9.97 Å². The van der Waals surface area contributed by atoms with Crippen molar-refractivity contribution in [2.24, 2.45) is 0 Å². The van der Waals surface area contributed by atoms with Gasteiger partial charge in [-0.25, -0.2) is 4.98 Å². The highest BCUT2D eigenvalue weighted by Crippen LogP contribution is 2.33. The van der Waals surface area contributed by atoms with Crippen molar-refractivity contribution in [2.75, 3.05) is 5.73 Å². The molecule has 5 heteroatoms. The number of rotatable bonds is 3. The SMILES string of the molecule is CCc1ncnc(Oc2ccc(N)c3ccccc23)c1F. The number of aryl methyl sites for hydroxylation is 1. The number of fused-ring (bicyclic) bond motifs is 1. The second-order valence-electron chi connectivity index (χ2n) is 4.59. The predicted octanol–water partition coefficient (Wildman–Crippen LogP) is 3.71. The van der Waals surface area contributed by atoms with E-state index < -0.39 is 5.82 Å². The summed E-state index contributed by atoms with van der Waals surface area (Å²) in [6.07, 6.45) is 1.78. The van der Waals surface area contributed by atoms with Gasteiger partial charge >= 0.3 is 0 Å². The van der Waals surface area contributed by atoms with E-state index in [1.807, 2.05) is 31.2 Å². The maximum atomic E-state index is 14.2. The fourth-order valence-electron chi connectivity index (χ4n) is 2.19. The van der Waals surface area contributed by atoms with Gasteiger partial charge in [-0.15, -0.1) is 0 Å². The van der Waals surface area contributed by atoms with E-state index in [0.29, 0.717) is 23.6 Å². The van der Waals surface area contributed by atoms with Gasteiger partial charge in [-0.2, -0.15) is 9.37 Å². The molecule has 0 radical (unpaired) electrons. The molecule has 0 spiro atoms. The number of ether oxygens (including phenoxy) is 1. The van der Waals surface area contributed by atoms with Gasteiger partial charge in [-0.05, 0) is 18.6 Å². The van der Waals surface area contributed by atoms with Crippen LogP contribution in [0.4, 0.5) is 10.1 Å². The van der Waals surface area contributed by atoms with Crippen molar-refractivity contribution in [3.05, 3.63) is 54.2 Å². The van der Waals surface area contributed by atoms with Crippen LogP contribution in [-0.2, 0) is 6.42 Å². The molecule has 0 saturated heterocycles. The number of benzene rings is 2. The maximum absolute atomic E-state index is 14.2. The van der Waals surface area contributed by atoms with Gasteiger partial charge in [-0.1, -0.05) is 31.2 Å². The summed E-state index contributed by atoms with van der Waals surface area (Å²) in [6.45, 7) is 1.83. The highest BCUT2D eigenvalue weighted by Gasteiger charge is 2.13. The lowest BCUT2D eigenvalue weighted by Crippen LogP contribution is -2.00. The van der Waals surface area contributed by atoms with Crippen molar-refractivity contribution in [3.63, 3.8) is 0 Å². The average Bonchev–Trinajstić information content (AvgIpc) is 2.52. The first-order valence-corrected chi connectivity index (χ1v) is 6.65. The smallest absolute Gasteiger partial charge is 0.259 e. The minimum absolute atomic E-state index is 0.0724. The molecule has 2 N–H and O–H groups in total. The van der Waals surface area contributed by atoms with E-state index in [9.17, 15) is 4.39 Å². The van der Waals surface area contributed by atoms with Gasteiger partial charge in [0.2, 0.25) is 5.82 Å². The van der Waals surface area contributed by atoms with Crippen LogP contribution in [0.5, 0.6) is 11.6 Å². The summed E-state index contributed by atoms with van der Waals surface area (Å²) < 4.78 is 19.8. The van der Waals surface area contributed by atoms with Crippen LogP contribution in [0.15, 0.2) is 42.7 Å². The van der Waals surface area contributed by atoms with Gasteiger partial charge in [0.1, 0.15) is 12.1 Å².